The largest absolute Gasteiger partial charge is 0.378 e. The minimum atomic E-state index is -0.128. The van der Waals surface area contributed by atoms with Crippen molar-refractivity contribution in [2.45, 2.75) is 25.7 Å². The summed E-state index contributed by atoms with van der Waals surface area (Å²) < 4.78 is 5.48. The second kappa shape index (κ2) is 10.6. The van der Waals surface area contributed by atoms with Gasteiger partial charge < -0.3 is 14.5 Å². The number of hydrogen-bond donors (Lipinski definition) is 0. The number of carbonyl (C=O) groups excluding carboxylic acids is 2. The number of ether oxygens (including phenoxy) is 1. The summed E-state index contributed by atoms with van der Waals surface area (Å²) in [4.78, 5) is 42.2. The number of amides is 1. The van der Waals surface area contributed by atoms with Crippen LogP contribution in [0.1, 0.15) is 45.0 Å². The zero-order valence-electron chi connectivity index (χ0n) is 22.2. The summed E-state index contributed by atoms with van der Waals surface area (Å²) in [5, 5.41) is 0. The number of nitrogens with zero attached hydrogens (tertiary/aromatic N) is 4. The molecule has 3 aliphatic rings. The molecule has 0 atom stereocenters. The number of Topliss-reactive ketones (excluding diaryl/α,β-unsaturated/α-hetero) is 1. The number of morpholine rings is 1. The highest BCUT2D eigenvalue weighted by Crippen LogP contribution is 2.43. The van der Waals surface area contributed by atoms with E-state index >= 15 is 0 Å². The van der Waals surface area contributed by atoms with Gasteiger partial charge >= 0.3 is 0 Å². The Balaban J connectivity index is 1.17. The van der Waals surface area contributed by atoms with Crippen molar-refractivity contribution in [3.63, 3.8) is 0 Å². The molecule has 4 aromatic rings. The molecule has 0 radical (unpaired) electrons. The molecule has 7 nitrogen and oxygen atoms in total. The number of anilines is 2. The highest BCUT2D eigenvalue weighted by Gasteiger charge is 2.30. The predicted octanol–water partition coefficient (Wildman–Crippen LogP) is 5.89. The molecule has 1 aromatic carbocycles. The Bertz CT molecular complexity index is 1590. The molecular weight excluding hydrogens is 520 g/mol. The first kappa shape index (κ1) is 25.1. The molecule has 1 saturated carbocycles. The van der Waals surface area contributed by atoms with E-state index in [1.165, 1.54) is 12.8 Å². The van der Waals surface area contributed by atoms with Gasteiger partial charge in [0, 0.05) is 48.3 Å². The summed E-state index contributed by atoms with van der Waals surface area (Å²) in [5.74, 6) is 1.58. The van der Waals surface area contributed by atoms with Gasteiger partial charge in [-0.2, -0.15) is 0 Å². The monoisotopic (exact) mass is 550 g/mol. The van der Waals surface area contributed by atoms with Crippen molar-refractivity contribution in [1.29, 1.82) is 0 Å². The normalized spacial score (nSPS) is 16.7. The number of ketones is 1. The zero-order chi connectivity index (χ0) is 27.1. The lowest BCUT2D eigenvalue weighted by Gasteiger charge is -2.28. The van der Waals surface area contributed by atoms with Gasteiger partial charge in [0.2, 0.25) is 0 Å². The lowest BCUT2D eigenvalue weighted by molar-refractivity contribution is 0.0972. The molecule has 2 fully saturated rings. The van der Waals surface area contributed by atoms with Gasteiger partial charge in [-0.3, -0.25) is 9.59 Å². The quantitative estimate of drug-likeness (QED) is 0.279. The third-order valence-corrected chi connectivity index (χ3v) is 9.14. The molecule has 7 rings (SSSR count). The van der Waals surface area contributed by atoms with Crippen LogP contribution in [-0.2, 0) is 11.2 Å². The lowest BCUT2D eigenvalue weighted by atomic mass is 10.1. The van der Waals surface area contributed by atoms with Crippen LogP contribution in [0.2, 0.25) is 0 Å². The molecule has 1 saturated heterocycles. The summed E-state index contributed by atoms with van der Waals surface area (Å²) in [6, 6.07) is 19.6. The van der Waals surface area contributed by atoms with Crippen LogP contribution in [0.5, 0.6) is 0 Å². The Morgan fingerprint density at radius 3 is 2.67 bits per heavy atom. The van der Waals surface area contributed by atoms with Gasteiger partial charge in [0.25, 0.3) is 5.91 Å². The van der Waals surface area contributed by atoms with E-state index in [-0.39, 0.29) is 11.7 Å². The maximum absolute atomic E-state index is 14.0. The van der Waals surface area contributed by atoms with Gasteiger partial charge in [0.1, 0.15) is 11.5 Å². The van der Waals surface area contributed by atoms with Crippen molar-refractivity contribution in [3.8, 4) is 21.7 Å². The van der Waals surface area contributed by atoms with E-state index < -0.39 is 0 Å². The van der Waals surface area contributed by atoms with E-state index in [0.29, 0.717) is 44.2 Å². The van der Waals surface area contributed by atoms with Gasteiger partial charge in [-0.25, -0.2) is 9.97 Å². The maximum Gasteiger partial charge on any atom is 0.276 e. The van der Waals surface area contributed by atoms with Crippen LogP contribution in [0.15, 0.2) is 66.9 Å². The Morgan fingerprint density at radius 1 is 0.975 bits per heavy atom. The van der Waals surface area contributed by atoms with Crippen LogP contribution >= 0.6 is 11.3 Å². The fourth-order valence-corrected chi connectivity index (χ4v) is 6.72. The predicted molar refractivity (Wildman–Crippen MR) is 157 cm³/mol. The van der Waals surface area contributed by atoms with Crippen molar-refractivity contribution in [2.75, 3.05) is 42.6 Å². The number of rotatable bonds is 6. The topological polar surface area (TPSA) is 75.6 Å². The van der Waals surface area contributed by atoms with Crippen molar-refractivity contribution < 1.29 is 14.3 Å². The molecule has 0 unspecified atom stereocenters. The smallest absolute Gasteiger partial charge is 0.276 e. The average Bonchev–Trinajstić information content (AvgIpc) is 3.75. The van der Waals surface area contributed by atoms with E-state index in [0.717, 1.165) is 56.7 Å². The standard InChI is InChI=1S/C32H30N4O3S/c37-28(18-21-8-9-21)29-19-23-11-13-36(27-7-2-1-4-24(27)31(23)40-29)32(38)26-6-3-5-25(34-26)22-10-12-33-30(20-22)35-14-16-39-17-15-35/h1-7,10,12,19-21H,8-9,11,13-18H2. The second-order valence-corrected chi connectivity index (χ2v) is 11.7. The number of benzene rings is 1. The minimum absolute atomic E-state index is 0.128. The molecule has 0 spiro atoms. The first-order valence-corrected chi connectivity index (χ1v) is 14.8. The van der Waals surface area contributed by atoms with Gasteiger partial charge in [-0.05, 0) is 67.1 Å². The van der Waals surface area contributed by atoms with E-state index in [4.69, 9.17) is 9.72 Å². The van der Waals surface area contributed by atoms with Crippen LogP contribution in [0.3, 0.4) is 0 Å². The molecule has 5 heterocycles. The summed E-state index contributed by atoms with van der Waals surface area (Å²) in [6.45, 7) is 3.52. The van der Waals surface area contributed by atoms with Crippen LogP contribution < -0.4 is 9.80 Å². The first-order chi connectivity index (χ1) is 19.6. The molecule has 1 aliphatic carbocycles. The number of fused-ring (bicyclic) bond motifs is 3. The highest BCUT2D eigenvalue weighted by molar-refractivity contribution is 7.17. The summed E-state index contributed by atoms with van der Waals surface area (Å²) >= 11 is 1.57. The molecule has 8 heteroatoms. The molecule has 40 heavy (non-hydrogen) atoms. The molecule has 0 bridgehead atoms. The van der Waals surface area contributed by atoms with Crippen molar-refractivity contribution in [1.82, 2.24) is 9.97 Å². The Kier molecular flexibility index (Phi) is 6.65. The van der Waals surface area contributed by atoms with Crippen LogP contribution in [0, 0.1) is 5.92 Å². The van der Waals surface area contributed by atoms with Crippen molar-refractivity contribution in [2.24, 2.45) is 5.92 Å². The zero-order valence-corrected chi connectivity index (χ0v) is 23.0. The minimum Gasteiger partial charge on any atom is -0.378 e. The van der Waals surface area contributed by atoms with E-state index in [2.05, 4.69) is 22.0 Å². The van der Waals surface area contributed by atoms with E-state index in [1.54, 1.807) is 23.6 Å². The molecule has 1 amide bonds. The number of thiophene rings is 1. The lowest BCUT2D eigenvalue weighted by Crippen LogP contribution is -2.36. The molecule has 2 aliphatic heterocycles. The van der Waals surface area contributed by atoms with Crippen molar-refractivity contribution >= 4 is 34.5 Å². The number of carbonyl (C=O) groups is 2. The number of aromatic nitrogens is 2. The number of pyridine rings is 2. The molecular formula is C32H30N4O3S. The third-order valence-electron chi connectivity index (χ3n) is 7.89. The summed E-state index contributed by atoms with van der Waals surface area (Å²) in [7, 11) is 0. The van der Waals surface area contributed by atoms with Crippen molar-refractivity contribution in [3.05, 3.63) is 83.0 Å². The van der Waals surface area contributed by atoms with Crippen LogP contribution in [0.25, 0.3) is 21.7 Å². The Morgan fingerprint density at radius 2 is 1.82 bits per heavy atom. The number of hydrogen-bond acceptors (Lipinski definition) is 7. The number of para-hydroxylation sites is 1. The first-order valence-electron chi connectivity index (χ1n) is 14.0. The molecule has 202 valence electrons. The molecule has 3 aromatic heterocycles. The van der Waals surface area contributed by atoms with Crippen LogP contribution in [-0.4, -0.2) is 54.5 Å². The summed E-state index contributed by atoms with van der Waals surface area (Å²) in [5.41, 5.74) is 5.07. The average molecular weight is 551 g/mol. The van der Waals surface area contributed by atoms with E-state index in [9.17, 15) is 9.59 Å². The van der Waals surface area contributed by atoms with Gasteiger partial charge in [-0.15, -0.1) is 11.3 Å². The Labute approximate surface area is 237 Å². The highest BCUT2D eigenvalue weighted by atomic mass is 32.1. The van der Waals surface area contributed by atoms with Gasteiger partial charge in [0.15, 0.2) is 5.78 Å². The third kappa shape index (κ3) is 4.93. The maximum atomic E-state index is 14.0. The SMILES string of the molecule is O=C(CC1CC1)c1cc2c(s1)-c1ccccc1N(C(=O)c1cccc(-c3ccnc(N4CCOCC4)c3)n1)CC2. The Hall–Kier alpha value is -3.88. The summed E-state index contributed by atoms with van der Waals surface area (Å²) in [6.07, 6.45) is 5.47. The molecule has 0 N–H and O–H groups in total. The van der Waals surface area contributed by atoms with Crippen LogP contribution in [0.4, 0.5) is 11.5 Å². The fourth-order valence-electron chi connectivity index (χ4n) is 5.53. The van der Waals surface area contributed by atoms with Gasteiger partial charge in [-0.1, -0.05) is 24.3 Å². The van der Waals surface area contributed by atoms with E-state index in [1.807, 2.05) is 47.4 Å². The fraction of sp³-hybridized carbons (Fsp3) is 0.312. The van der Waals surface area contributed by atoms with Gasteiger partial charge in [0.05, 0.1) is 29.5 Å². The second-order valence-electron chi connectivity index (χ2n) is 10.7.